The van der Waals surface area contributed by atoms with Crippen molar-refractivity contribution >= 4 is 46.9 Å². The number of hydrogen-bond donors (Lipinski definition) is 5. The first-order valence-corrected chi connectivity index (χ1v) is 12.5. The molecule has 2 aromatic heterocycles. The topological polar surface area (TPSA) is 151 Å². The van der Waals surface area contributed by atoms with Gasteiger partial charge in [-0.05, 0) is 49.9 Å². The van der Waals surface area contributed by atoms with Gasteiger partial charge >= 0.3 is 0 Å². The number of hydrogen-bond acceptors (Lipinski definition) is 8. The highest BCUT2D eigenvalue weighted by atomic mass is 35.5. The number of nitrogens with two attached hydrogens (primary N) is 1. The molecule has 196 valence electrons. The number of aliphatic hydroxyl groups is 1. The lowest BCUT2D eigenvalue weighted by Gasteiger charge is -2.23. The van der Waals surface area contributed by atoms with Crippen LogP contribution in [0.25, 0.3) is 11.2 Å². The molecule has 4 rings (SSSR count). The smallest absolute Gasteiger partial charge is 0.231 e. The van der Waals surface area contributed by atoms with E-state index < -0.39 is 6.29 Å². The number of amides is 1. The maximum Gasteiger partial charge on any atom is 0.231 e. The number of benzene rings is 1. The minimum Gasteiger partial charge on any atom is -0.465 e. The summed E-state index contributed by atoms with van der Waals surface area (Å²) >= 11 is 0. The molecule has 0 radical (unpaired) electrons. The van der Waals surface area contributed by atoms with E-state index in [1.54, 1.807) is 18.5 Å². The zero-order valence-electron chi connectivity index (χ0n) is 20.4. The fourth-order valence-corrected chi connectivity index (χ4v) is 4.37. The molecule has 1 aliphatic rings. The van der Waals surface area contributed by atoms with Crippen molar-refractivity contribution in [3.05, 3.63) is 30.6 Å². The van der Waals surface area contributed by atoms with Crippen molar-refractivity contribution in [2.45, 2.75) is 83.0 Å². The van der Waals surface area contributed by atoms with Gasteiger partial charge in [-0.15, -0.1) is 12.4 Å². The van der Waals surface area contributed by atoms with Crippen LogP contribution in [0, 0.1) is 0 Å². The molecule has 1 saturated carbocycles. The Bertz CT molecular complexity index is 1090. The summed E-state index contributed by atoms with van der Waals surface area (Å²) in [7, 11) is 0. The molecule has 1 fully saturated rings. The third kappa shape index (κ3) is 8.23. The summed E-state index contributed by atoms with van der Waals surface area (Å²) in [6, 6.07) is 7.73. The molecule has 0 aliphatic heterocycles. The lowest BCUT2D eigenvalue weighted by molar-refractivity contribution is -0.118. The highest BCUT2D eigenvalue weighted by Crippen LogP contribution is 2.26. The van der Waals surface area contributed by atoms with Gasteiger partial charge in [0, 0.05) is 24.6 Å². The SMILES string of the molecule is Cl.NC(=O)CCCCCCC(O)Oc1ccc(Nc2nc(NC3CCCCC3)c3nc[nH]c3n2)cc1. The molecule has 36 heavy (non-hydrogen) atoms. The van der Waals surface area contributed by atoms with Crippen molar-refractivity contribution < 1.29 is 14.6 Å². The minimum absolute atomic E-state index is 0. The number of ether oxygens (including phenoxy) is 1. The normalized spacial score (nSPS) is 14.7. The first-order valence-electron chi connectivity index (χ1n) is 12.5. The Morgan fingerprint density at radius 2 is 1.86 bits per heavy atom. The molecular weight excluding hydrogens is 482 g/mol. The molecule has 0 saturated heterocycles. The van der Waals surface area contributed by atoms with Crippen LogP contribution in [0.4, 0.5) is 17.5 Å². The number of aliphatic hydroxyl groups excluding tert-OH is 1. The van der Waals surface area contributed by atoms with E-state index in [9.17, 15) is 9.90 Å². The molecule has 6 N–H and O–H groups in total. The van der Waals surface area contributed by atoms with Gasteiger partial charge < -0.3 is 31.2 Å². The van der Waals surface area contributed by atoms with Crippen LogP contribution in [0.1, 0.15) is 70.6 Å². The molecule has 11 heteroatoms. The van der Waals surface area contributed by atoms with Gasteiger partial charge in [0.1, 0.15) is 11.3 Å². The minimum atomic E-state index is -0.871. The number of halogens is 1. The number of aromatic amines is 1. The molecule has 1 amide bonds. The Kier molecular flexibility index (Phi) is 10.6. The number of rotatable bonds is 13. The van der Waals surface area contributed by atoms with E-state index in [1.165, 1.54) is 19.3 Å². The number of anilines is 3. The van der Waals surface area contributed by atoms with Crippen LogP contribution in [-0.4, -0.2) is 43.3 Å². The van der Waals surface area contributed by atoms with Crippen molar-refractivity contribution in [2.24, 2.45) is 5.73 Å². The average Bonchev–Trinajstić information content (AvgIpc) is 3.32. The summed E-state index contributed by atoms with van der Waals surface area (Å²) in [5.41, 5.74) is 7.37. The highest BCUT2D eigenvalue weighted by Gasteiger charge is 2.17. The fraction of sp³-hybridized carbons (Fsp3) is 0.520. The largest absolute Gasteiger partial charge is 0.465 e. The zero-order chi connectivity index (χ0) is 24.5. The van der Waals surface area contributed by atoms with E-state index in [2.05, 4.69) is 30.6 Å². The number of carbonyl (C=O) groups excluding carboxylic acids is 1. The fourth-order valence-electron chi connectivity index (χ4n) is 4.37. The predicted octanol–water partition coefficient (Wildman–Crippen LogP) is 4.79. The maximum atomic E-state index is 10.7. The Morgan fingerprint density at radius 1 is 1.11 bits per heavy atom. The quantitative estimate of drug-likeness (QED) is 0.160. The summed E-state index contributed by atoms with van der Waals surface area (Å²) in [6.07, 6.45) is 11.2. The van der Waals surface area contributed by atoms with Crippen molar-refractivity contribution in [1.82, 2.24) is 19.9 Å². The second kappa shape index (κ2) is 13.8. The van der Waals surface area contributed by atoms with Crippen LogP contribution < -0.4 is 21.1 Å². The van der Waals surface area contributed by atoms with Crippen LogP contribution in [0.2, 0.25) is 0 Å². The molecule has 1 aromatic carbocycles. The van der Waals surface area contributed by atoms with Gasteiger partial charge in [0.15, 0.2) is 17.8 Å². The van der Waals surface area contributed by atoms with Crippen LogP contribution >= 0.6 is 12.4 Å². The average molecular weight is 518 g/mol. The van der Waals surface area contributed by atoms with E-state index in [0.717, 1.165) is 55.5 Å². The molecule has 3 aromatic rings. The van der Waals surface area contributed by atoms with Gasteiger partial charge in [-0.1, -0.05) is 32.1 Å². The number of unbranched alkanes of at least 4 members (excludes halogenated alkanes) is 3. The maximum absolute atomic E-state index is 10.7. The molecule has 1 unspecified atom stereocenters. The van der Waals surface area contributed by atoms with Crippen molar-refractivity contribution in [3.8, 4) is 5.75 Å². The second-order valence-electron chi connectivity index (χ2n) is 9.12. The summed E-state index contributed by atoms with van der Waals surface area (Å²) in [6.45, 7) is 0. The summed E-state index contributed by atoms with van der Waals surface area (Å²) in [5, 5.41) is 17.0. The van der Waals surface area contributed by atoms with E-state index in [0.29, 0.717) is 36.2 Å². The lowest BCUT2D eigenvalue weighted by atomic mass is 9.95. The van der Waals surface area contributed by atoms with Gasteiger partial charge in [-0.2, -0.15) is 9.97 Å². The van der Waals surface area contributed by atoms with E-state index in [4.69, 9.17) is 10.5 Å². The summed E-state index contributed by atoms with van der Waals surface area (Å²) < 4.78 is 5.61. The highest BCUT2D eigenvalue weighted by molar-refractivity contribution is 5.85. The number of nitrogens with one attached hydrogen (secondary N) is 3. The van der Waals surface area contributed by atoms with Gasteiger partial charge in [-0.3, -0.25) is 4.79 Å². The summed E-state index contributed by atoms with van der Waals surface area (Å²) in [5.74, 6) is 1.53. The number of H-pyrrole nitrogens is 1. The Labute approximate surface area is 217 Å². The monoisotopic (exact) mass is 517 g/mol. The van der Waals surface area contributed by atoms with Gasteiger partial charge in [0.25, 0.3) is 0 Å². The predicted molar refractivity (Wildman–Crippen MR) is 143 cm³/mol. The third-order valence-corrected chi connectivity index (χ3v) is 6.23. The van der Waals surface area contributed by atoms with Gasteiger partial charge in [0.05, 0.1) is 6.33 Å². The number of aromatic nitrogens is 4. The first-order chi connectivity index (χ1) is 17.1. The lowest BCUT2D eigenvalue weighted by Crippen LogP contribution is -2.23. The molecule has 1 atom stereocenters. The number of fused-ring (bicyclic) bond motifs is 1. The number of nitrogens with zero attached hydrogens (tertiary/aromatic N) is 3. The van der Waals surface area contributed by atoms with Crippen LogP contribution in [0.5, 0.6) is 5.75 Å². The molecule has 0 bridgehead atoms. The number of carbonyl (C=O) groups is 1. The first kappa shape index (κ1) is 27.5. The Balaban J connectivity index is 0.00000361. The Hall–Kier alpha value is -3.11. The van der Waals surface area contributed by atoms with Crippen molar-refractivity contribution in [2.75, 3.05) is 10.6 Å². The second-order valence-corrected chi connectivity index (χ2v) is 9.12. The molecule has 0 spiro atoms. The number of imidazole rings is 1. The Morgan fingerprint density at radius 3 is 2.61 bits per heavy atom. The van der Waals surface area contributed by atoms with Gasteiger partial charge in [0.2, 0.25) is 11.9 Å². The van der Waals surface area contributed by atoms with Crippen LogP contribution in [0.3, 0.4) is 0 Å². The van der Waals surface area contributed by atoms with Crippen molar-refractivity contribution in [3.63, 3.8) is 0 Å². The van der Waals surface area contributed by atoms with Gasteiger partial charge in [-0.25, -0.2) is 4.98 Å². The molecule has 1 aliphatic carbocycles. The zero-order valence-corrected chi connectivity index (χ0v) is 21.2. The summed E-state index contributed by atoms with van der Waals surface area (Å²) in [4.78, 5) is 27.4. The number of primary amides is 1. The molecule has 2 heterocycles. The van der Waals surface area contributed by atoms with E-state index >= 15 is 0 Å². The van der Waals surface area contributed by atoms with E-state index in [-0.39, 0.29) is 18.3 Å². The van der Waals surface area contributed by atoms with Crippen molar-refractivity contribution in [1.29, 1.82) is 0 Å². The third-order valence-electron chi connectivity index (χ3n) is 6.23. The molecular formula is C25H36ClN7O3. The van der Waals surface area contributed by atoms with E-state index in [1.807, 2.05) is 12.1 Å². The standard InChI is InChI=1S/C25H35N7O3.ClH/c26-20(33)10-6-1-2-7-11-21(34)35-19-14-12-18(13-15-19)30-25-31-23-22(27-16-28-23)24(32-25)29-17-8-4-3-5-9-17;/h12-17,21,34H,1-11H2,(H2,26,33)(H3,27,28,29,30,31,32);1H. The molecule has 10 nitrogen and oxygen atoms in total. The van der Waals surface area contributed by atoms with Crippen LogP contribution in [0.15, 0.2) is 30.6 Å². The van der Waals surface area contributed by atoms with Crippen LogP contribution in [-0.2, 0) is 4.79 Å².